The predicted molar refractivity (Wildman–Crippen MR) is 77.7 cm³/mol. The Labute approximate surface area is 119 Å². The lowest BCUT2D eigenvalue weighted by molar-refractivity contribution is 0.276. The second-order valence-corrected chi connectivity index (χ2v) is 5.01. The van der Waals surface area contributed by atoms with Gasteiger partial charge in [0.2, 0.25) is 5.88 Å². The molecule has 1 N–H and O–H groups in total. The Kier molecular flexibility index (Phi) is 4.84. The molecule has 0 amide bonds. The van der Waals surface area contributed by atoms with Crippen molar-refractivity contribution < 1.29 is 9.15 Å². The number of hydrogen-bond donors (Lipinski definition) is 1. The van der Waals surface area contributed by atoms with E-state index in [2.05, 4.69) is 23.4 Å². The third kappa shape index (κ3) is 3.63. The highest BCUT2D eigenvalue weighted by Gasteiger charge is 2.09. The molecule has 0 aromatic carbocycles. The number of aryl methyl sites for hydroxylation is 3. The van der Waals surface area contributed by atoms with E-state index in [1.54, 1.807) is 4.68 Å². The van der Waals surface area contributed by atoms with Gasteiger partial charge in [0.25, 0.3) is 0 Å². The highest BCUT2D eigenvalue weighted by atomic mass is 16.5. The summed E-state index contributed by atoms with van der Waals surface area (Å²) >= 11 is 0. The number of nitrogens with zero attached hydrogens (tertiary/aromatic N) is 2. The van der Waals surface area contributed by atoms with Gasteiger partial charge in [0.1, 0.15) is 18.1 Å². The van der Waals surface area contributed by atoms with Crippen LogP contribution in [0.1, 0.15) is 36.1 Å². The van der Waals surface area contributed by atoms with Crippen molar-refractivity contribution in [2.24, 2.45) is 7.05 Å². The summed E-state index contributed by atoms with van der Waals surface area (Å²) in [6.45, 7) is 8.33. The Morgan fingerprint density at radius 1 is 1.35 bits per heavy atom. The Morgan fingerprint density at radius 2 is 2.15 bits per heavy atom. The van der Waals surface area contributed by atoms with E-state index in [1.807, 2.05) is 27.0 Å². The Balaban J connectivity index is 1.94. The van der Waals surface area contributed by atoms with E-state index >= 15 is 0 Å². The van der Waals surface area contributed by atoms with Gasteiger partial charge in [-0.1, -0.05) is 6.92 Å². The fourth-order valence-corrected chi connectivity index (χ4v) is 2.08. The third-order valence-corrected chi connectivity index (χ3v) is 3.13. The molecule has 0 saturated carbocycles. The molecule has 0 unspecified atom stereocenters. The molecule has 0 saturated heterocycles. The average molecular weight is 277 g/mol. The van der Waals surface area contributed by atoms with Crippen molar-refractivity contribution in [1.82, 2.24) is 15.1 Å². The highest BCUT2D eigenvalue weighted by molar-refractivity contribution is 5.21. The summed E-state index contributed by atoms with van der Waals surface area (Å²) in [4.78, 5) is 0. The standard InChI is InChI=1S/C15H23N3O2/c1-5-6-16-9-14-8-13(12(3)20-14)10-19-15-7-11(2)17-18(15)4/h7-8,16H,5-6,9-10H2,1-4H3. The molecule has 5 nitrogen and oxygen atoms in total. The molecular weight excluding hydrogens is 254 g/mol. The van der Waals surface area contributed by atoms with Crippen LogP contribution in [0.25, 0.3) is 0 Å². The maximum atomic E-state index is 5.78. The first-order valence-corrected chi connectivity index (χ1v) is 7.02. The van der Waals surface area contributed by atoms with Crippen molar-refractivity contribution in [3.8, 4) is 5.88 Å². The van der Waals surface area contributed by atoms with Crippen LogP contribution in [-0.2, 0) is 20.2 Å². The number of furan rings is 1. The van der Waals surface area contributed by atoms with E-state index in [4.69, 9.17) is 9.15 Å². The quantitative estimate of drug-likeness (QED) is 0.791. The molecule has 20 heavy (non-hydrogen) atoms. The minimum atomic E-state index is 0.502. The molecule has 0 aliphatic carbocycles. The lowest BCUT2D eigenvalue weighted by atomic mass is 10.2. The second kappa shape index (κ2) is 6.61. The lowest BCUT2D eigenvalue weighted by Crippen LogP contribution is -2.13. The number of rotatable bonds is 7. The Morgan fingerprint density at radius 3 is 2.80 bits per heavy atom. The van der Waals surface area contributed by atoms with Crippen LogP contribution in [-0.4, -0.2) is 16.3 Å². The topological polar surface area (TPSA) is 52.2 Å². The van der Waals surface area contributed by atoms with E-state index in [0.29, 0.717) is 6.61 Å². The molecule has 2 rings (SSSR count). The number of nitrogens with one attached hydrogen (secondary N) is 1. The SMILES string of the molecule is CCCNCc1cc(COc2cc(C)nn2C)c(C)o1. The molecule has 0 fully saturated rings. The molecule has 2 aromatic heterocycles. The van der Waals surface area contributed by atoms with Crippen molar-refractivity contribution >= 4 is 0 Å². The minimum absolute atomic E-state index is 0.502. The van der Waals surface area contributed by atoms with Crippen LogP contribution in [0.2, 0.25) is 0 Å². The summed E-state index contributed by atoms with van der Waals surface area (Å²) < 4.78 is 13.2. The van der Waals surface area contributed by atoms with Gasteiger partial charge < -0.3 is 14.5 Å². The molecule has 5 heteroatoms. The van der Waals surface area contributed by atoms with E-state index in [-0.39, 0.29) is 0 Å². The maximum absolute atomic E-state index is 5.78. The average Bonchev–Trinajstić information content (AvgIpc) is 2.90. The van der Waals surface area contributed by atoms with E-state index in [9.17, 15) is 0 Å². The van der Waals surface area contributed by atoms with Crippen molar-refractivity contribution in [3.05, 3.63) is 34.9 Å². The van der Waals surface area contributed by atoms with E-state index in [1.165, 1.54) is 0 Å². The zero-order valence-corrected chi connectivity index (χ0v) is 12.7. The maximum Gasteiger partial charge on any atom is 0.212 e. The predicted octanol–water partition coefficient (Wildman–Crippen LogP) is 2.71. The molecule has 0 radical (unpaired) electrons. The van der Waals surface area contributed by atoms with Crippen LogP contribution in [0.15, 0.2) is 16.5 Å². The zero-order valence-electron chi connectivity index (χ0n) is 12.7. The van der Waals surface area contributed by atoms with Crippen LogP contribution in [0, 0.1) is 13.8 Å². The summed E-state index contributed by atoms with van der Waals surface area (Å²) in [5.74, 6) is 2.64. The third-order valence-electron chi connectivity index (χ3n) is 3.13. The minimum Gasteiger partial charge on any atom is -0.473 e. The normalized spacial score (nSPS) is 11.0. The largest absolute Gasteiger partial charge is 0.473 e. The zero-order chi connectivity index (χ0) is 14.5. The van der Waals surface area contributed by atoms with Gasteiger partial charge in [-0.25, -0.2) is 4.68 Å². The summed E-state index contributed by atoms with van der Waals surface area (Å²) in [7, 11) is 1.88. The van der Waals surface area contributed by atoms with Gasteiger partial charge >= 0.3 is 0 Å². The first-order chi connectivity index (χ1) is 9.60. The number of aromatic nitrogens is 2. The molecule has 0 spiro atoms. The highest BCUT2D eigenvalue weighted by Crippen LogP contribution is 2.18. The Hall–Kier alpha value is -1.75. The van der Waals surface area contributed by atoms with Crippen LogP contribution in [0.4, 0.5) is 0 Å². The molecule has 2 heterocycles. The van der Waals surface area contributed by atoms with Gasteiger partial charge in [-0.3, -0.25) is 0 Å². The van der Waals surface area contributed by atoms with Crippen LogP contribution < -0.4 is 10.1 Å². The summed E-state index contributed by atoms with van der Waals surface area (Å²) in [5, 5.41) is 7.59. The van der Waals surface area contributed by atoms with Gasteiger partial charge in [-0.05, 0) is 32.9 Å². The number of ether oxygens (including phenoxy) is 1. The van der Waals surface area contributed by atoms with Gasteiger partial charge in [0, 0.05) is 18.7 Å². The fourth-order valence-electron chi connectivity index (χ4n) is 2.08. The van der Waals surface area contributed by atoms with Crippen molar-refractivity contribution in [2.45, 2.75) is 40.3 Å². The molecule has 0 atom stereocenters. The van der Waals surface area contributed by atoms with Crippen LogP contribution >= 0.6 is 0 Å². The summed E-state index contributed by atoms with van der Waals surface area (Å²) in [6, 6.07) is 3.99. The first kappa shape index (κ1) is 14.7. The van der Waals surface area contributed by atoms with Crippen LogP contribution in [0.3, 0.4) is 0 Å². The molecule has 0 aliphatic rings. The first-order valence-electron chi connectivity index (χ1n) is 7.02. The molecule has 0 bridgehead atoms. The molecule has 2 aromatic rings. The van der Waals surface area contributed by atoms with Crippen molar-refractivity contribution in [1.29, 1.82) is 0 Å². The van der Waals surface area contributed by atoms with Crippen LogP contribution in [0.5, 0.6) is 5.88 Å². The van der Waals surface area contributed by atoms with Crippen molar-refractivity contribution in [2.75, 3.05) is 6.54 Å². The molecule has 110 valence electrons. The smallest absolute Gasteiger partial charge is 0.212 e. The monoisotopic (exact) mass is 277 g/mol. The fraction of sp³-hybridized carbons (Fsp3) is 0.533. The van der Waals surface area contributed by atoms with Gasteiger partial charge in [0.15, 0.2) is 0 Å². The van der Waals surface area contributed by atoms with Gasteiger partial charge in [-0.2, -0.15) is 5.10 Å². The van der Waals surface area contributed by atoms with Crippen molar-refractivity contribution in [3.63, 3.8) is 0 Å². The molecule has 0 aliphatic heterocycles. The number of hydrogen-bond acceptors (Lipinski definition) is 4. The molecular formula is C15H23N3O2. The lowest BCUT2D eigenvalue weighted by Gasteiger charge is -2.04. The van der Waals surface area contributed by atoms with Gasteiger partial charge in [0.05, 0.1) is 12.2 Å². The Bertz CT molecular complexity index is 557. The second-order valence-electron chi connectivity index (χ2n) is 5.01. The summed E-state index contributed by atoms with van der Waals surface area (Å²) in [5.41, 5.74) is 2.04. The van der Waals surface area contributed by atoms with E-state index in [0.717, 1.165) is 48.2 Å². The van der Waals surface area contributed by atoms with Gasteiger partial charge in [-0.15, -0.1) is 0 Å². The van der Waals surface area contributed by atoms with E-state index < -0.39 is 0 Å². The summed E-state index contributed by atoms with van der Waals surface area (Å²) in [6.07, 6.45) is 1.12.